The number of rotatable bonds is 5. The summed E-state index contributed by atoms with van der Waals surface area (Å²) < 4.78 is 20.2. The molecular formula is C18H21FN4O2. The van der Waals surface area contributed by atoms with E-state index in [0.717, 1.165) is 38.2 Å². The molecule has 25 heavy (non-hydrogen) atoms. The highest BCUT2D eigenvalue weighted by Crippen LogP contribution is 2.40. The Kier molecular flexibility index (Phi) is 4.40. The lowest BCUT2D eigenvalue weighted by molar-refractivity contribution is 0.181. The van der Waals surface area contributed by atoms with E-state index in [1.165, 1.54) is 12.1 Å². The summed E-state index contributed by atoms with van der Waals surface area (Å²) in [6.07, 6.45) is 3.58. The van der Waals surface area contributed by atoms with Crippen molar-refractivity contribution in [3.8, 4) is 0 Å². The maximum atomic E-state index is 13.0. The summed E-state index contributed by atoms with van der Waals surface area (Å²) in [7, 11) is 0. The molecule has 2 aliphatic rings. The molecule has 6 nitrogen and oxygen atoms in total. The molecule has 0 unspecified atom stereocenters. The van der Waals surface area contributed by atoms with Crippen LogP contribution in [-0.2, 0) is 11.3 Å². The fourth-order valence-corrected chi connectivity index (χ4v) is 3.31. The van der Waals surface area contributed by atoms with Crippen LogP contribution in [0.25, 0.3) is 0 Å². The first-order valence-electron chi connectivity index (χ1n) is 8.61. The van der Waals surface area contributed by atoms with E-state index in [-0.39, 0.29) is 23.8 Å². The monoisotopic (exact) mass is 344 g/mol. The van der Waals surface area contributed by atoms with Gasteiger partial charge in [-0.05, 0) is 30.5 Å². The van der Waals surface area contributed by atoms with Gasteiger partial charge in [-0.25, -0.2) is 13.9 Å². The Bertz CT molecular complexity index is 740. The number of nitrogens with one attached hydrogen (secondary N) is 2. The van der Waals surface area contributed by atoms with Crippen molar-refractivity contribution >= 4 is 11.8 Å². The summed E-state index contributed by atoms with van der Waals surface area (Å²) in [5.41, 5.74) is 1.05. The molecule has 0 bridgehead atoms. The minimum atomic E-state index is -0.243. The summed E-state index contributed by atoms with van der Waals surface area (Å²) >= 11 is 0. The molecule has 0 radical (unpaired) electrons. The molecule has 3 atom stereocenters. The molecule has 2 aromatic rings. The molecular weight excluding hydrogens is 323 g/mol. The van der Waals surface area contributed by atoms with Crippen LogP contribution in [0.15, 0.2) is 36.5 Å². The Morgan fingerprint density at radius 1 is 1.32 bits per heavy atom. The van der Waals surface area contributed by atoms with Crippen LogP contribution in [0.4, 0.5) is 15.0 Å². The lowest BCUT2D eigenvalue weighted by Gasteiger charge is -2.12. The average molecular weight is 344 g/mol. The summed E-state index contributed by atoms with van der Waals surface area (Å²) in [6.45, 7) is 2.28. The second-order valence-corrected chi connectivity index (χ2v) is 6.73. The molecule has 0 spiro atoms. The molecule has 4 rings (SSSR count). The summed E-state index contributed by atoms with van der Waals surface area (Å²) in [6, 6.07) is 8.10. The van der Waals surface area contributed by atoms with Crippen LogP contribution in [0.1, 0.15) is 24.3 Å². The molecule has 2 N–H and O–H groups in total. The van der Waals surface area contributed by atoms with E-state index < -0.39 is 0 Å². The third-order valence-electron chi connectivity index (χ3n) is 4.82. The maximum Gasteiger partial charge on any atom is 0.320 e. The molecule has 2 heterocycles. The number of urea groups is 1. The largest absolute Gasteiger partial charge is 0.381 e. The topological polar surface area (TPSA) is 68.2 Å². The summed E-state index contributed by atoms with van der Waals surface area (Å²) in [5.74, 6) is 1.14. The van der Waals surface area contributed by atoms with Crippen molar-refractivity contribution in [2.75, 3.05) is 18.5 Å². The molecule has 1 aromatic carbocycles. The number of carbonyl (C=O) groups excluding carboxylic acids is 1. The van der Waals surface area contributed by atoms with E-state index in [2.05, 4.69) is 15.7 Å². The Morgan fingerprint density at radius 2 is 2.16 bits per heavy atom. The van der Waals surface area contributed by atoms with Gasteiger partial charge < -0.3 is 10.1 Å². The third kappa shape index (κ3) is 3.82. The predicted octanol–water partition coefficient (Wildman–Crippen LogP) is 2.74. The Morgan fingerprint density at radius 3 is 2.92 bits per heavy atom. The van der Waals surface area contributed by atoms with Gasteiger partial charge >= 0.3 is 6.03 Å². The molecule has 1 aliphatic heterocycles. The number of carbonyl (C=O) groups is 1. The van der Waals surface area contributed by atoms with Crippen molar-refractivity contribution in [3.05, 3.63) is 47.9 Å². The maximum absolute atomic E-state index is 13.0. The molecule has 1 saturated heterocycles. The Balaban J connectivity index is 1.30. The van der Waals surface area contributed by atoms with E-state index in [0.29, 0.717) is 11.7 Å². The second-order valence-electron chi connectivity index (χ2n) is 6.73. The number of anilines is 1. The highest BCUT2D eigenvalue weighted by atomic mass is 19.1. The number of benzene rings is 1. The molecule has 1 saturated carbocycles. The van der Waals surface area contributed by atoms with Gasteiger partial charge in [0.05, 0.1) is 12.8 Å². The van der Waals surface area contributed by atoms with Crippen molar-refractivity contribution in [1.82, 2.24) is 15.1 Å². The van der Waals surface area contributed by atoms with Gasteiger partial charge in [0.1, 0.15) is 11.6 Å². The van der Waals surface area contributed by atoms with Crippen molar-refractivity contribution in [2.45, 2.75) is 31.3 Å². The van der Waals surface area contributed by atoms with Crippen LogP contribution in [0, 0.1) is 11.7 Å². The van der Waals surface area contributed by atoms with Crippen LogP contribution < -0.4 is 10.6 Å². The van der Waals surface area contributed by atoms with Crippen LogP contribution in [0.3, 0.4) is 0 Å². The molecule has 1 aromatic heterocycles. The van der Waals surface area contributed by atoms with Crippen LogP contribution in [0.5, 0.6) is 0 Å². The minimum Gasteiger partial charge on any atom is -0.381 e. The fraction of sp³-hybridized carbons (Fsp3) is 0.444. The predicted molar refractivity (Wildman–Crippen MR) is 90.9 cm³/mol. The van der Waals surface area contributed by atoms with E-state index in [1.54, 1.807) is 24.4 Å². The molecule has 1 aliphatic carbocycles. The van der Waals surface area contributed by atoms with Crippen molar-refractivity contribution in [3.63, 3.8) is 0 Å². The van der Waals surface area contributed by atoms with Gasteiger partial charge in [0, 0.05) is 37.1 Å². The number of halogens is 1. The fourth-order valence-electron chi connectivity index (χ4n) is 3.31. The SMILES string of the molecule is O=C(Nc1ccnn1C[C@H]1CCOC1)N[C@@H]1C[C@H]1c1ccc(F)cc1. The van der Waals surface area contributed by atoms with E-state index >= 15 is 0 Å². The lowest BCUT2D eigenvalue weighted by Crippen LogP contribution is -2.32. The van der Waals surface area contributed by atoms with E-state index in [4.69, 9.17) is 4.74 Å². The normalized spacial score (nSPS) is 24.9. The van der Waals surface area contributed by atoms with Gasteiger partial charge in [0.2, 0.25) is 0 Å². The van der Waals surface area contributed by atoms with Crippen LogP contribution >= 0.6 is 0 Å². The lowest BCUT2D eigenvalue weighted by atomic mass is 10.1. The zero-order chi connectivity index (χ0) is 17.2. The first kappa shape index (κ1) is 16.1. The second kappa shape index (κ2) is 6.84. The molecule has 7 heteroatoms. The molecule has 132 valence electrons. The van der Waals surface area contributed by atoms with Crippen LogP contribution in [-0.4, -0.2) is 35.1 Å². The average Bonchev–Trinajstić information content (AvgIpc) is 2.97. The molecule has 2 fully saturated rings. The highest BCUT2D eigenvalue weighted by molar-refractivity contribution is 5.88. The Hall–Kier alpha value is -2.41. The number of hydrogen-bond acceptors (Lipinski definition) is 3. The van der Waals surface area contributed by atoms with Crippen molar-refractivity contribution in [2.24, 2.45) is 5.92 Å². The number of aromatic nitrogens is 2. The van der Waals surface area contributed by atoms with Gasteiger partial charge in [-0.1, -0.05) is 12.1 Å². The summed E-state index contributed by atoms with van der Waals surface area (Å²) in [5, 5.41) is 10.1. The quantitative estimate of drug-likeness (QED) is 0.876. The van der Waals surface area contributed by atoms with Crippen molar-refractivity contribution < 1.29 is 13.9 Å². The van der Waals surface area contributed by atoms with Gasteiger partial charge in [-0.2, -0.15) is 5.10 Å². The smallest absolute Gasteiger partial charge is 0.320 e. The van der Waals surface area contributed by atoms with Crippen molar-refractivity contribution in [1.29, 1.82) is 0 Å². The van der Waals surface area contributed by atoms with Crippen LogP contribution in [0.2, 0.25) is 0 Å². The standard InChI is InChI=1S/C18H21FN4O2/c19-14-3-1-13(2-4-14)15-9-16(15)21-18(24)22-17-5-7-20-23(17)10-12-6-8-25-11-12/h1-5,7,12,15-16H,6,8-11H2,(H2,21,22,24)/t12-,15+,16-/m1/s1. The number of hydrogen-bond donors (Lipinski definition) is 2. The number of nitrogens with zero attached hydrogens (tertiary/aromatic N) is 2. The first-order chi connectivity index (χ1) is 12.2. The third-order valence-corrected chi connectivity index (χ3v) is 4.82. The molecule has 2 amide bonds. The minimum absolute atomic E-state index is 0.0880. The van der Waals surface area contributed by atoms with Gasteiger partial charge in [0.25, 0.3) is 0 Å². The highest BCUT2D eigenvalue weighted by Gasteiger charge is 2.39. The zero-order valence-corrected chi connectivity index (χ0v) is 13.8. The summed E-state index contributed by atoms with van der Waals surface area (Å²) in [4.78, 5) is 12.2. The number of amides is 2. The Labute approximate surface area is 145 Å². The van der Waals surface area contributed by atoms with Gasteiger partial charge in [-0.3, -0.25) is 5.32 Å². The van der Waals surface area contributed by atoms with E-state index in [9.17, 15) is 9.18 Å². The number of ether oxygens (including phenoxy) is 1. The zero-order valence-electron chi connectivity index (χ0n) is 13.8. The van der Waals surface area contributed by atoms with E-state index in [1.807, 2.05) is 4.68 Å². The van der Waals surface area contributed by atoms with Gasteiger partial charge in [0.15, 0.2) is 0 Å². The van der Waals surface area contributed by atoms with Gasteiger partial charge in [-0.15, -0.1) is 0 Å². The first-order valence-corrected chi connectivity index (χ1v) is 8.61.